The van der Waals surface area contributed by atoms with Crippen LogP contribution in [0.3, 0.4) is 0 Å². The predicted molar refractivity (Wildman–Crippen MR) is 94.6 cm³/mol. The van der Waals surface area contributed by atoms with Gasteiger partial charge in [-0.2, -0.15) is 0 Å². The van der Waals surface area contributed by atoms with Crippen LogP contribution in [0.5, 0.6) is 0 Å². The molecule has 1 aromatic carbocycles. The monoisotopic (exact) mass is 352 g/mol. The maximum Gasteiger partial charge on any atom is 0.0348 e. The molecule has 3 heteroatoms. The number of hydrogen-bond donors (Lipinski definition) is 1. The average molecular weight is 353 g/mol. The van der Waals surface area contributed by atoms with Crippen LogP contribution in [0.15, 0.2) is 28.7 Å². The highest BCUT2D eigenvalue weighted by Gasteiger charge is 2.25. The van der Waals surface area contributed by atoms with E-state index < -0.39 is 0 Å². The van der Waals surface area contributed by atoms with E-state index in [1.54, 1.807) is 0 Å². The van der Waals surface area contributed by atoms with Crippen molar-refractivity contribution < 1.29 is 0 Å². The van der Waals surface area contributed by atoms with Gasteiger partial charge in [0.15, 0.2) is 0 Å². The molecule has 0 radical (unpaired) electrons. The molecule has 1 aliphatic heterocycles. The van der Waals surface area contributed by atoms with E-state index in [0.717, 1.165) is 12.3 Å². The highest BCUT2D eigenvalue weighted by Crippen LogP contribution is 2.29. The van der Waals surface area contributed by atoms with Gasteiger partial charge in [0.2, 0.25) is 0 Å². The van der Waals surface area contributed by atoms with Crippen molar-refractivity contribution in [2.75, 3.05) is 19.6 Å². The third kappa shape index (κ3) is 4.80. The summed E-state index contributed by atoms with van der Waals surface area (Å²) in [5.41, 5.74) is 1.43. The number of benzene rings is 1. The molecule has 2 nitrogen and oxygen atoms in total. The first-order valence-corrected chi connectivity index (χ1v) is 9.13. The maximum atomic E-state index is 3.62. The summed E-state index contributed by atoms with van der Waals surface area (Å²) in [5, 5.41) is 3.55. The summed E-state index contributed by atoms with van der Waals surface area (Å²) in [4.78, 5) is 2.69. The lowest BCUT2D eigenvalue weighted by atomic mass is 9.95. The molecule has 1 N–H and O–H groups in total. The number of piperidine rings is 1. The first-order chi connectivity index (χ1) is 10.1. The fourth-order valence-electron chi connectivity index (χ4n) is 3.45. The third-order valence-electron chi connectivity index (χ3n) is 4.55. The minimum Gasteiger partial charge on any atom is -0.316 e. The fraction of sp³-hybridized carbons (Fsp3) is 0.667. The Kier molecular flexibility index (Phi) is 6.72. The van der Waals surface area contributed by atoms with Crippen LogP contribution < -0.4 is 5.32 Å². The van der Waals surface area contributed by atoms with Crippen molar-refractivity contribution in [1.29, 1.82) is 0 Å². The van der Waals surface area contributed by atoms with E-state index >= 15 is 0 Å². The molecule has 21 heavy (non-hydrogen) atoms. The summed E-state index contributed by atoms with van der Waals surface area (Å²) in [7, 11) is 0. The molecule has 1 fully saturated rings. The molecule has 0 aromatic heterocycles. The van der Waals surface area contributed by atoms with Crippen LogP contribution in [0, 0.1) is 5.92 Å². The zero-order valence-electron chi connectivity index (χ0n) is 13.6. The van der Waals surface area contributed by atoms with E-state index in [4.69, 9.17) is 0 Å². The summed E-state index contributed by atoms with van der Waals surface area (Å²) < 4.78 is 1.18. The van der Waals surface area contributed by atoms with Gasteiger partial charge in [-0.05, 0) is 69.8 Å². The molecule has 1 heterocycles. The number of hydrogen-bond acceptors (Lipinski definition) is 2. The molecule has 1 saturated heterocycles. The van der Waals surface area contributed by atoms with Crippen molar-refractivity contribution in [3.63, 3.8) is 0 Å². The van der Waals surface area contributed by atoms with Gasteiger partial charge in [0, 0.05) is 23.1 Å². The summed E-state index contributed by atoms with van der Waals surface area (Å²) in [6, 6.07) is 9.92. The van der Waals surface area contributed by atoms with Crippen molar-refractivity contribution in [3.8, 4) is 0 Å². The Morgan fingerprint density at radius 1 is 1.38 bits per heavy atom. The zero-order chi connectivity index (χ0) is 15.2. The van der Waals surface area contributed by atoms with Gasteiger partial charge < -0.3 is 5.32 Å². The van der Waals surface area contributed by atoms with Gasteiger partial charge in [0.05, 0.1) is 0 Å². The number of nitrogens with one attached hydrogen (secondary N) is 1. The van der Waals surface area contributed by atoms with Gasteiger partial charge in [-0.1, -0.05) is 35.0 Å². The van der Waals surface area contributed by atoms with E-state index in [2.05, 4.69) is 71.2 Å². The van der Waals surface area contributed by atoms with Crippen molar-refractivity contribution in [2.24, 2.45) is 5.92 Å². The normalized spacial score (nSPS) is 21.0. The van der Waals surface area contributed by atoms with Crippen molar-refractivity contribution in [1.82, 2.24) is 10.2 Å². The molecule has 1 aromatic rings. The molecule has 1 aliphatic rings. The standard InChI is InChI=1S/C18H29BrN2/c1-4-18(16-8-5-9-17(19)11-16)21(14(2)3)13-15-7-6-10-20-12-15/h5,8-9,11,14-15,18,20H,4,6-7,10,12-13H2,1-3H3. The van der Waals surface area contributed by atoms with Crippen LogP contribution in [-0.4, -0.2) is 30.6 Å². The molecule has 0 bridgehead atoms. The molecule has 2 rings (SSSR count). The molecule has 2 unspecified atom stereocenters. The Morgan fingerprint density at radius 3 is 2.76 bits per heavy atom. The van der Waals surface area contributed by atoms with Crippen LogP contribution in [-0.2, 0) is 0 Å². The SMILES string of the molecule is CCC(c1cccc(Br)c1)N(CC1CCCNC1)C(C)C. The minimum absolute atomic E-state index is 0.518. The second-order valence-electron chi connectivity index (χ2n) is 6.48. The van der Waals surface area contributed by atoms with E-state index in [1.807, 2.05) is 0 Å². The number of halogens is 1. The van der Waals surface area contributed by atoms with Crippen molar-refractivity contribution in [2.45, 2.75) is 52.1 Å². The molecule has 0 aliphatic carbocycles. The van der Waals surface area contributed by atoms with Crippen molar-refractivity contribution >= 4 is 15.9 Å². The Bertz CT molecular complexity index is 427. The van der Waals surface area contributed by atoms with Gasteiger partial charge in [0.1, 0.15) is 0 Å². The summed E-state index contributed by atoms with van der Waals surface area (Å²) >= 11 is 3.62. The van der Waals surface area contributed by atoms with Crippen LogP contribution >= 0.6 is 15.9 Å². The van der Waals surface area contributed by atoms with Crippen LogP contribution in [0.25, 0.3) is 0 Å². The smallest absolute Gasteiger partial charge is 0.0348 e. The van der Waals surface area contributed by atoms with Crippen LogP contribution in [0.1, 0.15) is 51.6 Å². The summed E-state index contributed by atoms with van der Waals surface area (Å²) in [6.07, 6.45) is 3.85. The Hall–Kier alpha value is -0.380. The lowest BCUT2D eigenvalue weighted by molar-refractivity contribution is 0.114. The van der Waals surface area contributed by atoms with Crippen LogP contribution in [0.2, 0.25) is 0 Å². The average Bonchev–Trinajstić information content (AvgIpc) is 2.48. The van der Waals surface area contributed by atoms with Crippen LogP contribution in [0.4, 0.5) is 0 Å². The lowest BCUT2D eigenvalue weighted by Gasteiger charge is -2.38. The van der Waals surface area contributed by atoms with Gasteiger partial charge in [0.25, 0.3) is 0 Å². The zero-order valence-corrected chi connectivity index (χ0v) is 15.2. The molecule has 2 atom stereocenters. The second-order valence-corrected chi connectivity index (χ2v) is 7.40. The van der Waals surface area contributed by atoms with E-state index in [-0.39, 0.29) is 0 Å². The molecule has 118 valence electrons. The predicted octanol–water partition coefficient (Wildman–Crippen LogP) is 4.61. The first kappa shape index (κ1) is 17.0. The fourth-order valence-corrected chi connectivity index (χ4v) is 3.87. The van der Waals surface area contributed by atoms with Gasteiger partial charge in [-0.25, -0.2) is 0 Å². The number of rotatable bonds is 6. The number of nitrogens with zero attached hydrogens (tertiary/aromatic N) is 1. The molecule has 0 amide bonds. The van der Waals surface area contributed by atoms with E-state index in [9.17, 15) is 0 Å². The van der Waals surface area contributed by atoms with Crippen molar-refractivity contribution in [3.05, 3.63) is 34.3 Å². The highest BCUT2D eigenvalue weighted by molar-refractivity contribution is 9.10. The summed E-state index contributed by atoms with van der Waals surface area (Å²) in [6.45, 7) is 10.5. The largest absolute Gasteiger partial charge is 0.316 e. The Labute approximate surface area is 138 Å². The molecule has 0 spiro atoms. The minimum atomic E-state index is 0.518. The summed E-state index contributed by atoms with van der Waals surface area (Å²) in [5.74, 6) is 0.794. The molecular formula is C18H29BrN2. The van der Waals surface area contributed by atoms with E-state index in [0.29, 0.717) is 12.1 Å². The second kappa shape index (κ2) is 8.30. The third-order valence-corrected chi connectivity index (χ3v) is 5.04. The quantitative estimate of drug-likeness (QED) is 0.803. The van der Waals surface area contributed by atoms with E-state index in [1.165, 1.54) is 42.5 Å². The maximum absolute atomic E-state index is 3.62. The lowest BCUT2D eigenvalue weighted by Crippen LogP contribution is -2.42. The van der Waals surface area contributed by atoms with Gasteiger partial charge in [-0.3, -0.25) is 4.90 Å². The molecule has 0 saturated carbocycles. The van der Waals surface area contributed by atoms with Gasteiger partial charge in [-0.15, -0.1) is 0 Å². The first-order valence-electron chi connectivity index (χ1n) is 8.33. The van der Waals surface area contributed by atoms with Gasteiger partial charge >= 0.3 is 0 Å². The topological polar surface area (TPSA) is 15.3 Å². The highest BCUT2D eigenvalue weighted by atomic mass is 79.9. The Balaban J connectivity index is 2.13. The molecular weight excluding hydrogens is 324 g/mol. The Morgan fingerprint density at radius 2 is 2.19 bits per heavy atom.